The number of carbonyl (C=O) groups is 1. The molecule has 0 saturated heterocycles. The topological polar surface area (TPSA) is 29.5 Å². The van der Waals surface area contributed by atoms with E-state index in [1.54, 1.807) is 7.11 Å². The van der Waals surface area contributed by atoms with Crippen molar-refractivity contribution in [1.82, 2.24) is 4.90 Å². The molecule has 0 aliphatic heterocycles. The lowest BCUT2D eigenvalue weighted by atomic mass is 10.0. The number of hydrogen-bond acceptors (Lipinski definition) is 2. The molecule has 2 aromatic rings. The molecule has 22 heavy (non-hydrogen) atoms. The summed E-state index contributed by atoms with van der Waals surface area (Å²) in [4.78, 5) is 14.9. The Morgan fingerprint density at radius 1 is 0.955 bits per heavy atom. The van der Waals surface area contributed by atoms with Crippen molar-refractivity contribution < 1.29 is 9.53 Å². The summed E-state index contributed by atoms with van der Waals surface area (Å²) in [5.41, 5.74) is 1.72. The molecular formula is C19H23NO2. The van der Waals surface area contributed by atoms with Gasteiger partial charge in [-0.2, -0.15) is 0 Å². The average Bonchev–Trinajstić information content (AvgIpc) is 2.55. The fourth-order valence-corrected chi connectivity index (χ4v) is 2.71. The third kappa shape index (κ3) is 3.30. The number of para-hydroxylation sites is 1. The summed E-state index contributed by atoms with van der Waals surface area (Å²) < 4.78 is 5.33. The van der Waals surface area contributed by atoms with Crippen LogP contribution >= 0.6 is 0 Å². The van der Waals surface area contributed by atoms with Gasteiger partial charge in [0.05, 0.1) is 18.7 Å². The summed E-state index contributed by atoms with van der Waals surface area (Å²) in [5.74, 6) is 0.599. The highest BCUT2D eigenvalue weighted by atomic mass is 16.5. The number of benzene rings is 2. The van der Waals surface area contributed by atoms with Gasteiger partial charge in [-0.3, -0.25) is 4.79 Å². The molecular weight excluding hydrogens is 274 g/mol. The van der Waals surface area contributed by atoms with Crippen LogP contribution in [-0.4, -0.2) is 24.0 Å². The minimum atomic E-state index is -0.0104. The second-order valence-corrected chi connectivity index (χ2v) is 5.59. The van der Waals surface area contributed by atoms with Gasteiger partial charge in [-0.15, -0.1) is 0 Å². The fraction of sp³-hybridized carbons (Fsp3) is 0.316. The van der Waals surface area contributed by atoms with Gasteiger partial charge in [0, 0.05) is 6.04 Å². The largest absolute Gasteiger partial charge is 0.496 e. The van der Waals surface area contributed by atoms with Gasteiger partial charge >= 0.3 is 0 Å². The lowest BCUT2D eigenvalue weighted by Crippen LogP contribution is -2.39. The van der Waals surface area contributed by atoms with Gasteiger partial charge in [0.15, 0.2) is 0 Å². The first-order chi connectivity index (χ1) is 10.6. The fourth-order valence-electron chi connectivity index (χ4n) is 2.71. The average molecular weight is 297 g/mol. The molecule has 0 unspecified atom stereocenters. The van der Waals surface area contributed by atoms with Gasteiger partial charge < -0.3 is 9.64 Å². The van der Waals surface area contributed by atoms with Crippen LogP contribution < -0.4 is 4.74 Å². The van der Waals surface area contributed by atoms with Crippen LogP contribution in [0.15, 0.2) is 54.6 Å². The van der Waals surface area contributed by atoms with Gasteiger partial charge in [0.1, 0.15) is 5.75 Å². The summed E-state index contributed by atoms with van der Waals surface area (Å²) >= 11 is 0. The second kappa shape index (κ2) is 7.12. The van der Waals surface area contributed by atoms with Crippen LogP contribution in [0.4, 0.5) is 0 Å². The summed E-state index contributed by atoms with van der Waals surface area (Å²) in [5, 5.41) is 0. The number of ether oxygens (including phenoxy) is 1. The van der Waals surface area contributed by atoms with Crippen molar-refractivity contribution >= 4 is 5.91 Å². The molecule has 0 fully saturated rings. The SMILES string of the molecule is COc1ccccc1C(=O)N(C(C)C)[C@H](C)c1ccccc1. The molecule has 2 aromatic carbocycles. The van der Waals surface area contributed by atoms with Crippen LogP contribution in [0, 0.1) is 0 Å². The van der Waals surface area contributed by atoms with E-state index in [1.165, 1.54) is 0 Å². The highest BCUT2D eigenvalue weighted by molar-refractivity contribution is 5.97. The van der Waals surface area contributed by atoms with Gasteiger partial charge in [0.2, 0.25) is 0 Å². The number of rotatable bonds is 5. The van der Waals surface area contributed by atoms with E-state index in [0.29, 0.717) is 11.3 Å². The molecule has 116 valence electrons. The zero-order valence-corrected chi connectivity index (χ0v) is 13.6. The van der Waals surface area contributed by atoms with Crippen molar-refractivity contribution in [3.8, 4) is 5.75 Å². The van der Waals surface area contributed by atoms with E-state index in [9.17, 15) is 4.79 Å². The molecule has 1 atom stereocenters. The Bertz CT molecular complexity index is 622. The molecule has 0 saturated carbocycles. The van der Waals surface area contributed by atoms with Crippen molar-refractivity contribution in [3.05, 3.63) is 65.7 Å². The molecule has 0 aliphatic rings. The maximum absolute atomic E-state index is 13.0. The predicted octanol–water partition coefficient (Wildman–Crippen LogP) is 4.31. The van der Waals surface area contributed by atoms with E-state index in [1.807, 2.05) is 61.2 Å². The minimum absolute atomic E-state index is 0.00128. The maximum atomic E-state index is 13.0. The first-order valence-corrected chi connectivity index (χ1v) is 7.57. The quantitative estimate of drug-likeness (QED) is 0.823. The standard InChI is InChI=1S/C19H23NO2/c1-14(2)20(15(3)16-10-6-5-7-11-16)19(21)17-12-8-9-13-18(17)22-4/h5-15H,1-4H3/t15-/m1/s1. The van der Waals surface area contributed by atoms with Gasteiger partial charge in [-0.25, -0.2) is 0 Å². The zero-order valence-electron chi connectivity index (χ0n) is 13.6. The summed E-state index contributed by atoms with van der Waals surface area (Å²) in [6.07, 6.45) is 0. The Morgan fingerprint density at radius 3 is 2.14 bits per heavy atom. The summed E-state index contributed by atoms with van der Waals surface area (Å²) in [6, 6.07) is 17.5. The molecule has 0 N–H and O–H groups in total. The second-order valence-electron chi connectivity index (χ2n) is 5.59. The van der Waals surface area contributed by atoms with E-state index >= 15 is 0 Å². The van der Waals surface area contributed by atoms with Crippen molar-refractivity contribution in [2.45, 2.75) is 32.9 Å². The number of hydrogen-bond donors (Lipinski definition) is 0. The molecule has 0 radical (unpaired) electrons. The number of methoxy groups -OCH3 is 1. The van der Waals surface area contributed by atoms with E-state index in [-0.39, 0.29) is 18.0 Å². The van der Waals surface area contributed by atoms with E-state index in [2.05, 4.69) is 19.1 Å². The van der Waals surface area contributed by atoms with E-state index in [4.69, 9.17) is 4.74 Å². The highest BCUT2D eigenvalue weighted by Crippen LogP contribution is 2.27. The molecule has 0 aromatic heterocycles. The van der Waals surface area contributed by atoms with Crippen LogP contribution in [0.1, 0.15) is 42.7 Å². The first-order valence-electron chi connectivity index (χ1n) is 7.57. The van der Waals surface area contributed by atoms with Crippen molar-refractivity contribution in [3.63, 3.8) is 0 Å². The number of carbonyl (C=O) groups excluding carboxylic acids is 1. The zero-order chi connectivity index (χ0) is 16.1. The Morgan fingerprint density at radius 2 is 1.55 bits per heavy atom. The van der Waals surface area contributed by atoms with Crippen molar-refractivity contribution in [2.75, 3.05) is 7.11 Å². The van der Waals surface area contributed by atoms with Crippen LogP contribution in [0.3, 0.4) is 0 Å². The smallest absolute Gasteiger partial charge is 0.258 e. The molecule has 0 bridgehead atoms. The van der Waals surface area contributed by atoms with Crippen LogP contribution in [-0.2, 0) is 0 Å². The van der Waals surface area contributed by atoms with Gasteiger partial charge in [0.25, 0.3) is 5.91 Å². The minimum Gasteiger partial charge on any atom is -0.496 e. The number of nitrogens with zero attached hydrogens (tertiary/aromatic N) is 1. The van der Waals surface area contributed by atoms with Crippen LogP contribution in [0.5, 0.6) is 5.75 Å². The van der Waals surface area contributed by atoms with Crippen molar-refractivity contribution in [2.24, 2.45) is 0 Å². The normalized spacial score (nSPS) is 12.0. The van der Waals surface area contributed by atoms with Crippen LogP contribution in [0.2, 0.25) is 0 Å². The summed E-state index contributed by atoms with van der Waals surface area (Å²) in [6.45, 7) is 6.13. The number of amides is 1. The third-order valence-electron chi connectivity index (χ3n) is 3.83. The Labute approximate surface area is 132 Å². The molecule has 1 amide bonds. The molecule has 0 aliphatic carbocycles. The molecule has 0 spiro atoms. The maximum Gasteiger partial charge on any atom is 0.258 e. The Kier molecular flexibility index (Phi) is 5.21. The first kappa shape index (κ1) is 16.1. The molecule has 3 heteroatoms. The van der Waals surface area contributed by atoms with Gasteiger partial charge in [-0.05, 0) is 38.5 Å². The Hall–Kier alpha value is -2.29. The Balaban J connectivity index is 2.38. The predicted molar refractivity (Wildman–Crippen MR) is 89.2 cm³/mol. The van der Waals surface area contributed by atoms with Crippen LogP contribution in [0.25, 0.3) is 0 Å². The third-order valence-corrected chi connectivity index (χ3v) is 3.83. The molecule has 0 heterocycles. The lowest BCUT2D eigenvalue weighted by molar-refractivity contribution is 0.0621. The monoisotopic (exact) mass is 297 g/mol. The molecule has 3 nitrogen and oxygen atoms in total. The van der Waals surface area contributed by atoms with E-state index in [0.717, 1.165) is 5.56 Å². The lowest BCUT2D eigenvalue weighted by Gasteiger charge is -2.33. The van der Waals surface area contributed by atoms with Gasteiger partial charge in [-0.1, -0.05) is 42.5 Å². The summed E-state index contributed by atoms with van der Waals surface area (Å²) in [7, 11) is 1.59. The highest BCUT2D eigenvalue weighted by Gasteiger charge is 2.27. The van der Waals surface area contributed by atoms with E-state index < -0.39 is 0 Å². The van der Waals surface area contributed by atoms with Crippen molar-refractivity contribution in [1.29, 1.82) is 0 Å². The molecule has 2 rings (SSSR count).